The van der Waals surface area contributed by atoms with Gasteiger partial charge in [-0.3, -0.25) is 9.69 Å². The van der Waals surface area contributed by atoms with Crippen LogP contribution < -0.4 is 5.73 Å². The van der Waals surface area contributed by atoms with Crippen LogP contribution in [0.3, 0.4) is 0 Å². The molecule has 3 rings (SSSR count). The molecule has 0 aromatic rings. The fourth-order valence-corrected chi connectivity index (χ4v) is 3.08. The number of carbonyl (C=O) groups excluding carboxylic acids is 1. The molecule has 0 radical (unpaired) electrons. The van der Waals surface area contributed by atoms with Gasteiger partial charge < -0.3 is 15.4 Å². The normalized spacial score (nSPS) is 32.8. The lowest BCUT2D eigenvalue weighted by atomic mass is 10.1. The van der Waals surface area contributed by atoms with Gasteiger partial charge in [0.15, 0.2) is 0 Å². The molecule has 2 N–H and O–H groups in total. The van der Waals surface area contributed by atoms with E-state index < -0.39 is 0 Å². The average molecular weight is 267 g/mol. The summed E-state index contributed by atoms with van der Waals surface area (Å²) in [5.74, 6) is 1.12. The van der Waals surface area contributed by atoms with E-state index in [2.05, 4.69) is 4.90 Å². The Labute approximate surface area is 115 Å². The van der Waals surface area contributed by atoms with E-state index in [1.807, 2.05) is 4.90 Å². The van der Waals surface area contributed by atoms with Crippen molar-refractivity contribution in [3.05, 3.63) is 0 Å². The van der Waals surface area contributed by atoms with Crippen LogP contribution >= 0.6 is 0 Å². The van der Waals surface area contributed by atoms with Crippen molar-refractivity contribution in [3.63, 3.8) is 0 Å². The summed E-state index contributed by atoms with van der Waals surface area (Å²) in [7, 11) is 0. The van der Waals surface area contributed by atoms with Crippen molar-refractivity contribution in [2.75, 3.05) is 39.3 Å². The molecule has 2 aliphatic heterocycles. The number of piperazine rings is 1. The molecule has 1 amide bonds. The second-order valence-corrected chi connectivity index (χ2v) is 6.13. The van der Waals surface area contributed by atoms with E-state index in [4.69, 9.17) is 10.5 Å². The summed E-state index contributed by atoms with van der Waals surface area (Å²) >= 11 is 0. The smallest absolute Gasteiger partial charge is 0.251 e. The minimum atomic E-state index is -0.233. The standard InChI is InChI=1S/C14H25N3O2/c15-9-12-3-4-13(19-12)14(18)17-7-5-16(6-8-17)10-11-1-2-11/h11-13H,1-10,15H2/t12-,13+/m1/s1. The van der Waals surface area contributed by atoms with E-state index in [0.29, 0.717) is 6.54 Å². The highest BCUT2D eigenvalue weighted by Gasteiger charge is 2.34. The first-order valence-corrected chi connectivity index (χ1v) is 7.63. The van der Waals surface area contributed by atoms with Crippen LogP contribution in [0, 0.1) is 5.92 Å². The number of nitrogens with zero attached hydrogens (tertiary/aromatic N) is 2. The van der Waals surface area contributed by atoms with Crippen LogP contribution in [-0.4, -0.2) is 67.2 Å². The fraction of sp³-hybridized carbons (Fsp3) is 0.929. The first kappa shape index (κ1) is 13.3. The topological polar surface area (TPSA) is 58.8 Å². The van der Waals surface area contributed by atoms with Crippen LogP contribution in [0.25, 0.3) is 0 Å². The summed E-state index contributed by atoms with van der Waals surface area (Å²) in [4.78, 5) is 16.8. The summed E-state index contributed by atoms with van der Waals surface area (Å²) in [6, 6.07) is 0. The molecular weight excluding hydrogens is 242 g/mol. The first-order chi connectivity index (χ1) is 9.26. The Kier molecular flexibility index (Phi) is 4.05. The third-order valence-corrected chi connectivity index (χ3v) is 4.54. The molecule has 19 heavy (non-hydrogen) atoms. The van der Waals surface area contributed by atoms with Crippen LogP contribution in [0.2, 0.25) is 0 Å². The van der Waals surface area contributed by atoms with Gasteiger partial charge in [0, 0.05) is 39.3 Å². The largest absolute Gasteiger partial charge is 0.364 e. The molecule has 1 saturated carbocycles. The molecule has 5 heteroatoms. The van der Waals surface area contributed by atoms with E-state index in [0.717, 1.165) is 44.9 Å². The minimum Gasteiger partial charge on any atom is -0.364 e. The highest BCUT2D eigenvalue weighted by Crippen LogP contribution is 2.30. The molecule has 2 saturated heterocycles. The third kappa shape index (κ3) is 3.27. The number of hydrogen-bond acceptors (Lipinski definition) is 4. The van der Waals surface area contributed by atoms with Crippen molar-refractivity contribution >= 4 is 5.91 Å². The van der Waals surface area contributed by atoms with Crippen LogP contribution in [0.4, 0.5) is 0 Å². The maximum Gasteiger partial charge on any atom is 0.251 e. The minimum absolute atomic E-state index is 0.0881. The predicted octanol–water partition coefficient (Wildman–Crippen LogP) is 0.0469. The van der Waals surface area contributed by atoms with Gasteiger partial charge in [0.05, 0.1) is 6.10 Å². The van der Waals surface area contributed by atoms with Gasteiger partial charge in [-0.2, -0.15) is 0 Å². The van der Waals surface area contributed by atoms with Gasteiger partial charge in [-0.1, -0.05) is 0 Å². The van der Waals surface area contributed by atoms with Crippen LogP contribution in [0.15, 0.2) is 0 Å². The van der Waals surface area contributed by atoms with Crippen LogP contribution in [0.5, 0.6) is 0 Å². The number of rotatable bonds is 4. The second kappa shape index (κ2) is 5.77. The third-order valence-electron chi connectivity index (χ3n) is 4.54. The lowest BCUT2D eigenvalue weighted by Gasteiger charge is -2.35. The summed E-state index contributed by atoms with van der Waals surface area (Å²) in [6.07, 6.45) is 4.41. The maximum atomic E-state index is 12.3. The second-order valence-electron chi connectivity index (χ2n) is 6.13. The van der Waals surface area contributed by atoms with Crippen LogP contribution in [-0.2, 0) is 9.53 Å². The number of hydrogen-bond donors (Lipinski definition) is 1. The molecule has 0 spiro atoms. The van der Waals surface area contributed by atoms with Crippen molar-refractivity contribution in [2.24, 2.45) is 11.7 Å². The summed E-state index contributed by atoms with van der Waals surface area (Å²) < 4.78 is 5.70. The molecule has 0 aromatic heterocycles. The van der Waals surface area contributed by atoms with Crippen molar-refractivity contribution in [1.29, 1.82) is 0 Å². The van der Waals surface area contributed by atoms with E-state index in [9.17, 15) is 4.79 Å². The molecule has 5 nitrogen and oxygen atoms in total. The molecule has 3 aliphatic rings. The number of ether oxygens (including phenoxy) is 1. The number of amides is 1. The van der Waals surface area contributed by atoms with Gasteiger partial charge in [0.2, 0.25) is 0 Å². The summed E-state index contributed by atoms with van der Waals surface area (Å²) in [5.41, 5.74) is 5.59. The Balaban J connectivity index is 1.44. The lowest BCUT2D eigenvalue weighted by molar-refractivity contribution is -0.144. The molecule has 2 heterocycles. The van der Waals surface area contributed by atoms with Gasteiger partial charge in [-0.25, -0.2) is 0 Å². The Hall–Kier alpha value is -0.650. The Morgan fingerprint density at radius 1 is 1.11 bits per heavy atom. The van der Waals surface area contributed by atoms with Crippen molar-refractivity contribution < 1.29 is 9.53 Å². The van der Waals surface area contributed by atoms with Gasteiger partial charge in [0.1, 0.15) is 6.10 Å². The maximum absolute atomic E-state index is 12.3. The van der Waals surface area contributed by atoms with E-state index in [-0.39, 0.29) is 18.1 Å². The van der Waals surface area contributed by atoms with E-state index >= 15 is 0 Å². The zero-order chi connectivity index (χ0) is 13.2. The zero-order valence-corrected chi connectivity index (χ0v) is 11.6. The Morgan fingerprint density at radius 2 is 1.84 bits per heavy atom. The Bertz CT molecular complexity index is 325. The van der Waals surface area contributed by atoms with Gasteiger partial charge >= 0.3 is 0 Å². The fourth-order valence-electron chi connectivity index (χ4n) is 3.08. The van der Waals surface area contributed by atoms with Gasteiger partial charge in [-0.15, -0.1) is 0 Å². The molecule has 3 fully saturated rings. The molecule has 0 unspecified atom stereocenters. The highest BCUT2D eigenvalue weighted by molar-refractivity contribution is 5.81. The quantitative estimate of drug-likeness (QED) is 0.782. The molecule has 0 aromatic carbocycles. The Morgan fingerprint density at radius 3 is 2.42 bits per heavy atom. The molecule has 1 aliphatic carbocycles. The van der Waals surface area contributed by atoms with Crippen LogP contribution in [0.1, 0.15) is 25.7 Å². The highest BCUT2D eigenvalue weighted by atomic mass is 16.5. The average Bonchev–Trinajstić information content (AvgIpc) is 3.12. The van der Waals surface area contributed by atoms with E-state index in [1.54, 1.807) is 0 Å². The monoisotopic (exact) mass is 267 g/mol. The number of nitrogens with two attached hydrogens (primary N) is 1. The van der Waals surface area contributed by atoms with Crippen molar-refractivity contribution in [2.45, 2.75) is 37.9 Å². The summed E-state index contributed by atoms with van der Waals surface area (Å²) in [6.45, 7) is 5.53. The molecular formula is C14H25N3O2. The first-order valence-electron chi connectivity index (χ1n) is 7.63. The van der Waals surface area contributed by atoms with E-state index in [1.165, 1.54) is 19.4 Å². The van der Waals surface area contributed by atoms with Crippen molar-refractivity contribution in [3.8, 4) is 0 Å². The van der Waals surface area contributed by atoms with Gasteiger partial charge in [0.25, 0.3) is 5.91 Å². The SMILES string of the molecule is NC[C@H]1CC[C@@H](C(=O)N2CCN(CC3CC3)CC2)O1. The van der Waals surface area contributed by atoms with Gasteiger partial charge in [-0.05, 0) is 31.6 Å². The molecule has 0 bridgehead atoms. The summed E-state index contributed by atoms with van der Waals surface area (Å²) in [5, 5.41) is 0. The predicted molar refractivity (Wildman–Crippen MR) is 72.7 cm³/mol. The molecule has 2 atom stereocenters. The molecule has 108 valence electrons. The van der Waals surface area contributed by atoms with Crippen molar-refractivity contribution in [1.82, 2.24) is 9.80 Å². The zero-order valence-electron chi connectivity index (χ0n) is 11.6. The number of carbonyl (C=O) groups is 1. The lowest BCUT2D eigenvalue weighted by Crippen LogP contribution is -2.51.